The number of anilines is 1. The van der Waals surface area contributed by atoms with Crippen LogP contribution in [0.25, 0.3) is 0 Å². The van der Waals surface area contributed by atoms with Gasteiger partial charge in [-0.1, -0.05) is 13.0 Å². The van der Waals surface area contributed by atoms with Crippen molar-refractivity contribution in [1.82, 2.24) is 4.98 Å². The number of hydrogen-bond acceptors (Lipinski definition) is 4. The number of carboxylic acid groups (broad SMARTS) is 1. The molecule has 0 radical (unpaired) electrons. The highest BCUT2D eigenvalue weighted by Gasteiger charge is 2.29. The van der Waals surface area contributed by atoms with Crippen molar-refractivity contribution >= 4 is 11.8 Å². The lowest BCUT2D eigenvalue weighted by molar-refractivity contribution is 0.0690. The largest absolute Gasteiger partial charge is 0.477 e. The predicted molar refractivity (Wildman–Crippen MR) is 78.6 cm³/mol. The maximum Gasteiger partial charge on any atom is 0.354 e. The second-order valence-electron chi connectivity index (χ2n) is 5.20. The third-order valence-electron chi connectivity index (χ3n) is 3.86. The van der Waals surface area contributed by atoms with E-state index in [1.54, 1.807) is 6.07 Å². The number of hydrogen-bond donors (Lipinski definition) is 1. The zero-order valence-corrected chi connectivity index (χ0v) is 12.0. The van der Waals surface area contributed by atoms with Crippen molar-refractivity contribution in [2.75, 3.05) is 11.4 Å². The Hall–Kier alpha value is -2.30. The van der Waals surface area contributed by atoms with Crippen LogP contribution in [0.2, 0.25) is 0 Å². The van der Waals surface area contributed by atoms with Gasteiger partial charge in [-0.25, -0.2) is 9.78 Å². The molecule has 2 aromatic heterocycles. The number of aromatic nitrogens is 1. The van der Waals surface area contributed by atoms with E-state index >= 15 is 0 Å². The number of rotatable bonds is 4. The molecule has 0 amide bonds. The summed E-state index contributed by atoms with van der Waals surface area (Å²) in [4.78, 5) is 17.4. The van der Waals surface area contributed by atoms with Crippen molar-refractivity contribution in [3.05, 3.63) is 47.5 Å². The lowest BCUT2D eigenvalue weighted by Crippen LogP contribution is -2.23. The molecule has 1 fully saturated rings. The lowest BCUT2D eigenvalue weighted by Gasteiger charge is -2.24. The Morgan fingerprint density at radius 2 is 2.29 bits per heavy atom. The molecule has 110 valence electrons. The lowest BCUT2D eigenvalue weighted by atomic mass is 10.1. The molecule has 21 heavy (non-hydrogen) atoms. The number of nitrogens with zero attached hydrogens (tertiary/aromatic N) is 2. The zero-order valence-electron chi connectivity index (χ0n) is 12.0. The highest BCUT2D eigenvalue weighted by Crippen LogP contribution is 2.36. The highest BCUT2D eigenvalue weighted by atomic mass is 16.4. The highest BCUT2D eigenvalue weighted by molar-refractivity contribution is 5.85. The van der Waals surface area contributed by atoms with E-state index in [4.69, 9.17) is 9.52 Å². The van der Waals surface area contributed by atoms with Gasteiger partial charge in [0.15, 0.2) is 5.69 Å². The van der Waals surface area contributed by atoms with Crippen LogP contribution in [0, 0.1) is 0 Å². The maximum atomic E-state index is 11.1. The monoisotopic (exact) mass is 286 g/mol. The molecular formula is C16H18N2O3. The molecule has 1 unspecified atom stereocenters. The molecule has 1 aliphatic rings. The van der Waals surface area contributed by atoms with Crippen molar-refractivity contribution in [2.24, 2.45) is 0 Å². The Bertz CT molecular complexity index is 650. The molecule has 5 nitrogen and oxygen atoms in total. The third-order valence-corrected chi connectivity index (χ3v) is 3.86. The summed E-state index contributed by atoms with van der Waals surface area (Å²) in [5, 5.41) is 9.07. The average molecular weight is 286 g/mol. The minimum atomic E-state index is -1.00. The first-order valence-electron chi connectivity index (χ1n) is 7.24. The van der Waals surface area contributed by atoms with Crippen molar-refractivity contribution in [1.29, 1.82) is 0 Å². The van der Waals surface area contributed by atoms with Gasteiger partial charge in [0.1, 0.15) is 17.3 Å². The minimum absolute atomic E-state index is 0.0758. The number of carbonyl (C=O) groups is 1. The first-order chi connectivity index (χ1) is 10.2. The summed E-state index contributed by atoms with van der Waals surface area (Å²) < 4.78 is 5.86. The van der Waals surface area contributed by atoms with Crippen LogP contribution in [0.4, 0.5) is 5.82 Å². The molecule has 0 bridgehead atoms. The van der Waals surface area contributed by atoms with Crippen molar-refractivity contribution < 1.29 is 14.3 Å². The summed E-state index contributed by atoms with van der Waals surface area (Å²) in [7, 11) is 0. The number of pyridine rings is 1. The number of aryl methyl sites for hydroxylation is 1. The molecule has 1 atom stereocenters. The summed E-state index contributed by atoms with van der Waals surface area (Å²) in [5.41, 5.74) is 0.0758. The SMILES string of the molecule is CCc1ccc(C2CCCN2c2cccc(C(=O)O)n2)o1. The molecule has 0 aliphatic carbocycles. The van der Waals surface area contributed by atoms with Crippen LogP contribution >= 0.6 is 0 Å². The molecule has 1 aliphatic heterocycles. The van der Waals surface area contributed by atoms with Crippen LogP contribution in [-0.4, -0.2) is 22.6 Å². The van der Waals surface area contributed by atoms with Gasteiger partial charge < -0.3 is 14.4 Å². The predicted octanol–water partition coefficient (Wildman–Crippen LogP) is 3.28. The standard InChI is InChI=1S/C16H18N2O3/c1-2-11-8-9-14(21-11)13-6-4-10-18(13)15-7-3-5-12(17-15)16(19)20/h3,5,7-9,13H,2,4,6,10H2,1H3,(H,19,20). The van der Waals surface area contributed by atoms with Crippen molar-refractivity contribution in [3.63, 3.8) is 0 Å². The Morgan fingerprint density at radius 3 is 3.00 bits per heavy atom. The van der Waals surface area contributed by atoms with Gasteiger partial charge in [-0.3, -0.25) is 0 Å². The Balaban J connectivity index is 1.90. The smallest absolute Gasteiger partial charge is 0.354 e. The molecule has 1 saturated heterocycles. The van der Waals surface area contributed by atoms with E-state index in [0.29, 0.717) is 5.82 Å². The van der Waals surface area contributed by atoms with Crippen molar-refractivity contribution in [3.8, 4) is 0 Å². The van der Waals surface area contributed by atoms with E-state index in [1.165, 1.54) is 6.07 Å². The fraction of sp³-hybridized carbons (Fsp3) is 0.375. The van der Waals surface area contributed by atoms with E-state index in [1.807, 2.05) is 18.2 Å². The molecule has 2 aromatic rings. The van der Waals surface area contributed by atoms with Crippen LogP contribution in [0.5, 0.6) is 0 Å². The maximum absolute atomic E-state index is 11.1. The summed E-state index contributed by atoms with van der Waals surface area (Å²) in [6.45, 7) is 2.93. The number of furan rings is 1. The zero-order chi connectivity index (χ0) is 14.8. The van der Waals surface area contributed by atoms with Crippen molar-refractivity contribution in [2.45, 2.75) is 32.2 Å². The van der Waals surface area contributed by atoms with Crippen LogP contribution in [0.1, 0.15) is 47.8 Å². The van der Waals surface area contributed by atoms with E-state index in [9.17, 15) is 4.79 Å². The number of carboxylic acids is 1. The van der Waals surface area contributed by atoms with Gasteiger partial charge in [-0.05, 0) is 37.1 Å². The average Bonchev–Trinajstić information content (AvgIpc) is 3.15. The fourth-order valence-electron chi connectivity index (χ4n) is 2.80. The molecule has 1 N–H and O–H groups in total. The van der Waals surface area contributed by atoms with E-state index in [2.05, 4.69) is 16.8 Å². The first-order valence-corrected chi connectivity index (χ1v) is 7.24. The molecule has 0 spiro atoms. The Morgan fingerprint density at radius 1 is 1.43 bits per heavy atom. The van der Waals surface area contributed by atoms with E-state index in [-0.39, 0.29) is 11.7 Å². The Kier molecular flexibility index (Phi) is 3.64. The van der Waals surface area contributed by atoms with Crippen LogP contribution in [-0.2, 0) is 6.42 Å². The normalized spacial score (nSPS) is 18.1. The second kappa shape index (κ2) is 5.60. The minimum Gasteiger partial charge on any atom is -0.477 e. The quantitative estimate of drug-likeness (QED) is 0.934. The van der Waals surface area contributed by atoms with Gasteiger partial charge in [-0.2, -0.15) is 0 Å². The topological polar surface area (TPSA) is 66.6 Å². The molecule has 5 heteroatoms. The fourth-order valence-corrected chi connectivity index (χ4v) is 2.80. The Labute approximate surface area is 123 Å². The second-order valence-corrected chi connectivity index (χ2v) is 5.20. The van der Waals surface area contributed by atoms with Gasteiger partial charge in [-0.15, -0.1) is 0 Å². The molecule has 3 rings (SSSR count). The summed E-state index contributed by atoms with van der Waals surface area (Å²) in [6.07, 6.45) is 2.92. The summed E-state index contributed by atoms with van der Waals surface area (Å²) in [5.74, 6) is 1.61. The van der Waals surface area contributed by atoms with Crippen LogP contribution in [0.3, 0.4) is 0 Å². The molecular weight excluding hydrogens is 268 g/mol. The van der Waals surface area contributed by atoms with Gasteiger partial charge in [0, 0.05) is 13.0 Å². The molecule has 0 aromatic carbocycles. The van der Waals surface area contributed by atoms with Gasteiger partial charge in [0.05, 0.1) is 6.04 Å². The summed E-state index contributed by atoms with van der Waals surface area (Å²) >= 11 is 0. The number of aromatic carboxylic acids is 1. The third kappa shape index (κ3) is 2.63. The van der Waals surface area contributed by atoms with Crippen LogP contribution in [0.15, 0.2) is 34.7 Å². The summed E-state index contributed by atoms with van der Waals surface area (Å²) in [6, 6.07) is 9.27. The van der Waals surface area contributed by atoms with E-state index in [0.717, 1.165) is 37.3 Å². The van der Waals surface area contributed by atoms with Gasteiger partial charge in [0.25, 0.3) is 0 Å². The van der Waals surface area contributed by atoms with E-state index < -0.39 is 5.97 Å². The molecule has 0 saturated carbocycles. The first kappa shape index (κ1) is 13.7. The van der Waals surface area contributed by atoms with Crippen LogP contribution < -0.4 is 4.90 Å². The van der Waals surface area contributed by atoms with Gasteiger partial charge in [0.2, 0.25) is 0 Å². The van der Waals surface area contributed by atoms with Gasteiger partial charge >= 0.3 is 5.97 Å². The molecule has 3 heterocycles.